The molecule has 3 aromatic rings. The van der Waals surface area contributed by atoms with Gasteiger partial charge in [0.25, 0.3) is 0 Å². The van der Waals surface area contributed by atoms with E-state index in [0.29, 0.717) is 6.42 Å². The van der Waals surface area contributed by atoms with Crippen molar-refractivity contribution in [2.45, 2.75) is 51.4 Å². The number of aryl methyl sites for hydroxylation is 1. The lowest BCUT2D eigenvalue weighted by atomic mass is 9.72. The Kier molecular flexibility index (Phi) is 8.18. The molecule has 1 heterocycles. The van der Waals surface area contributed by atoms with Gasteiger partial charge in [0.1, 0.15) is 5.75 Å². The molecule has 1 saturated heterocycles. The first-order valence-corrected chi connectivity index (χ1v) is 12.7. The van der Waals surface area contributed by atoms with E-state index >= 15 is 0 Å². The monoisotopic (exact) mass is 455 g/mol. The van der Waals surface area contributed by atoms with Crippen LogP contribution in [0.4, 0.5) is 0 Å². The van der Waals surface area contributed by atoms with Crippen molar-refractivity contribution >= 4 is 5.78 Å². The van der Waals surface area contributed by atoms with E-state index in [1.54, 1.807) is 0 Å². The summed E-state index contributed by atoms with van der Waals surface area (Å²) >= 11 is 0. The molecule has 3 heteroatoms. The highest BCUT2D eigenvalue weighted by molar-refractivity contribution is 5.97. The lowest BCUT2D eigenvalue weighted by molar-refractivity contribution is 0.0962. The Labute approximate surface area is 204 Å². The van der Waals surface area contributed by atoms with Crippen LogP contribution in [-0.2, 0) is 5.41 Å². The second-order valence-corrected chi connectivity index (χ2v) is 9.75. The Morgan fingerprint density at radius 2 is 1.56 bits per heavy atom. The Bertz CT molecular complexity index is 1060. The van der Waals surface area contributed by atoms with Gasteiger partial charge in [-0.3, -0.25) is 4.79 Å². The SMILES string of the molecule is Cc1cc(C(C)(CC(=O)c2ccccc2)c2ccccc2)ccc1OCCCN1CCCCC1. The van der Waals surface area contributed by atoms with Gasteiger partial charge in [0.15, 0.2) is 5.78 Å². The van der Waals surface area contributed by atoms with Crippen molar-refractivity contribution in [2.75, 3.05) is 26.2 Å². The highest BCUT2D eigenvalue weighted by Gasteiger charge is 2.32. The summed E-state index contributed by atoms with van der Waals surface area (Å²) < 4.78 is 6.16. The summed E-state index contributed by atoms with van der Waals surface area (Å²) in [6.07, 6.45) is 5.49. The first kappa shape index (κ1) is 24.2. The molecule has 3 aromatic carbocycles. The number of ketones is 1. The van der Waals surface area contributed by atoms with Crippen molar-refractivity contribution in [3.63, 3.8) is 0 Å². The maximum absolute atomic E-state index is 13.2. The predicted octanol–water partition coefficient (Wildman–Crippen LogP) is 6.83. The average molecular weight is 456 g/mol. The summed E-state index contributed by atoms with van der Waals surface area (Å²) in [7, 11) is 0. The number of ether oxygens (including phenoxy) is 1. The summed E-state index contributed by atoms with van der Waals surface area (Å²) in [5.74, 6) is 1.09. The van der Waals surface area contributed by atoms with Crippen molar-refractivity contribution in [1.29, 1.82) is 0 Å². The second-order valence-electron chi connectivity index (χ2n) is 9.75. The maximum atomic E-state index is 13.2. The number of hydrogen-bond acceptors (Lipinski definition) is 3. The molecule has 178 valence electrons. The van der Waals surface area contributed by atoms with Crippen LogP contribution >= 0.6 is 0 Å². The van der Waals surface area contributed by atoms with E-state index in [9.17, 15) is 4.79 Å². The van der Waals surface area contributed by atoms with E-state index in [4.69, 9.17) is 4.74 Å². The van der Waals surface area contributed by atoms with Gasteiger partial charge in [-0.25, -0.2) is 0 Å². The standard InChI is InChI=1S/C31H37NO2/c1-25-23-28(17-18-30(25)34-22-12-21-32-19-10-5-11-20-32)31(2,27-15-8-4-9-16-27)24-29(33)26-13-6-3-7-14-26/h3-4,6-9,13-18,23H,5,10-12,19-22,24H2,1-2H3. The third-order valence-corrected chi connectivity index (χ3v) is 7.16. The highest BCUT2D eigenvalue weighted by Crippen LogP contribution is 2.38. The van der Waals surface area contributed by atoms with Crippen LogP contribution in [0.2, 0.25) is 0 Å². The molecule has 0 aliphatic carbocycles. The van der Waals surface area contributed by atoms with E-state index in [0.717, 1.165) is 47.6 Å². The summed E-state index contributed by atoms with van der Waals surface area (Å²) in [5.41, 5.74) is 3.74. The zero-order valence-electron chi connectivity index (χ0n) is 20.6. The number of Topliss-reactive ketones (excluding diaryl/α,β-unsaturated/α-hetero) is 1. The summed E-state index contributed by atoms with van der Waals surface area (Å²) in [6.45, 7) is 8.59. The largest absolute Gasteiger partial charge is 0.493 e. The molecule has 0 radical (unpaired) electrons. The highest BCUT2D eigenvalue weighted by atomic mass is 16.5. The van der Waals surface area contributed by atoms with Gasteiger partial charge in [0.05, 0.1) is 6.61 Å². The molecule has 4 rings (SSSR count). The second kappa shape index (κ2) is 11.5. The minimum absolute atomic E-state index is 0.155. The molecule has 0 bridgehead atoms. The Balaban J connectivity index is 1.49. The Morgan fingerprint density at radius 3 is 2.24 bits per heavy atom. The number of rotatable bonds is 10. The molecule has 0 spiro atoms. The van der Waals surface area contributed by atoms with Gasteiger partial charge >= 0.3 is 0 Å². The van der Waals surface area contributed by atoms with E-state index < -0.39 is 5.41 Å². The molecule has 1 unspecified atom stereocenters. The van der Waals surface area contributed by atoms with Crippen LogP contribution in [0.5, 0.6) is 5.75 Å². The molecule has 1 aliphatic heterocycles. The van der Waals surface area contributed by atoms with Crippen LogP contribution in [0.15, 0.2) is 78.9 Å². The van der Waals surface area contributed by atoms with E-state index in [1.165, 1.54) is 32.4 Å². The minimum atomic E-state index is -0.425. The molecule has 0 amide bonds. The average Bonchev–Trinajstić information content (AvgIpc) is 2.89. The van der Waals surface area contributed by atoms with Gasteiger partial charge in [-0.1, -0.05) is 86.1 Å². The molecule has 3 nitrogen and oxygen atoms in total. The van der Waals surface area contributed by atoms with Crippen LogP contribution in [0.3, 0.4) is 0 Å². The number of likely N-dealkylation sites (tertiary alicyclic amines) is 1. The van der Waals surface area contributed by atoms with E-state index in [2.05, 4.69) is 49.1 Å². The molecular formula is C31H37NO2. The van der Waals surface area contributed by atoms with Gasteiger partial charge in [-0.15, -0.1) is 0 Å². The third-order valence-electron chi connectivity index (χ3n) is 7.16. The molecule has 1 atom stereocenters. The van der Waals surface area contributed by atoms with Crippen molar-refractivity contribution in [2.24, 2.45) is 0 Å². The van der Waals surface area contributed by atoms with Gasteiger partial charge in [0.2, 0.25) is 0 Å². The molecule has 0 aromatic heterocycles. The number of benzene rings is 3. The fourth-order valence-electron chi connectivity index (χ4n) is 5.03. The fourth-order valence-corrected chi connectivity index (χ4v) is 5.03. The normalized spacial score (nSPS) is 16.1. The Hall–Kier alpha value is -2.91. The van der Waals surface area contributed by atoms with E-state index in [-0.39, 0.29) is 5.78 Å². The fraction of sp³-hybridized carbons (Fsp3) is 0.387. The summed E-state index contributed by atoms with van der Waals surface area (Å²) in [4.78, 5) is 15.8. The van der Waals surface area contributed by atoms with Gasteiger partial charge < -0.3 is 9.64 Å². The topological polar surface area (TPSA) is 29.5 Å². The zero-order valence-corrected chi connectivity index (χ0v) is 20.6. The maximum Gasteiger partial charge on any atom is 0.164 e. The van der Waals surface area contributed by atoms with Crippen molar-refractivity contribution in [1.82, 2.24) is 4.90 Å². The van der Waals surface area contributed by atoms with E-state index in [1.807, 2.05) is 48.5 Å². The molecule has 34 heavy (non-hydrogen) atoms. The van der Waals surface area contributed by atoms with Gasteiger partial charge in [-0.05, 0) is 62.0 Å². The first-order valence-electron chi connectivity index (χ1n) is 12.7. The lowest BCUT2D eigenvalue weighted by Crippen LogP contribution is -2.31. The molecule has 1 fully saturated rings. The van der Waals surface area contributed by atoms with Crippen LogP contribution in [0.25, 0.3) is 0 Å². The van der Waals surface area contributed by atoms with Gasteiger partial charge in [0, 0.05) is 23.9 Å². The Morgan fingerprint density at radius 1 is 0.882 bits per heavy atom. The predicted molar refractivity (Wildman–Crippen MR) is 140 cm³/mol. The lowest BCUT2D eigenvalue weighted by Gasteiger charge is -2.31. The molecular weight excluding hydrogens is 418 g/mol. The first-order chi connectivity index (χ1) is 16.6. The summed E-state index contributed by atoms with van der Waals surface area (Å²) in [5, 5.41) is 0. The van der Waals surface area contributed by atoms with Crippen molar-refractivity contribution < 1.29 is 9.53 Å². The van der Waals surface area contributed by atoms with Crippen molar-refractivity contribution in [3.05, 3.63) is 101 Å². The summed E-state index contributed by atoms with van der Waals surface area (Å²) in [6, 6.07) is 26.4. The quantitative estimate of drug-likeness (QED) is 0.248. The molecule has 0 saturated carbocycles. The van der Waals surface area contributed by atoms with Crippen LogP contribution < -0.4 is 4.74 Å². The third kappa shape index (κ3) is 5.95. The number of nitrogens with zero attached hydrogens (tertiary/aromatic N) is 1. The van der Waals surface area contributed by atoms with Crippen molar-refractivity contribution in [3.8, 4) is 5.75 Å². The van der Waals surface area contributed by atoms with Crippen LogP contribution in [0, 0.1) is 6.92 Å². The molecule has 0 N–H and O–H groups in total. The number of piperidine rings is 1. The van der Waals surface area contributed by atoms with Crippen LogP contribution in [-0.4, -0.2) is 36.9 Å². The zero-order chi connectivity index (χ0) is 23.8. The number of carbonyl (C=O) groups excluding carboxylic acids is 1. The minimum Gasteiger partial charge on any atom is -0.493 e. The van der Waals surface area contributed by atoms with Crippen LogP contribution in [0.1, 0.15) is 66.1 Å². The number of hydrogen-bond donors (Lipinski definition) is 0. The van der Waals surface area contributed by atoms with Gasteiger partial charge in [-0.2, -0.15) is 0 Å². The number of carbonyl (C=O) groups is 1. The smallest absolute Gasteiger partial charge is 0.164 e. The molecule has 1 aliphatic rings.